The van der Waals surface area contributed by atoms with Crippen molar-refractivity contribution in [3.8, 4) is 22.9 Å². The number of urea groups is 1. The number of methoxy groups -OCH3 is 2. The zero-order valence-corrected chi connectivity index (χ0v) is 16.9. The van der Waals surface area contributed by atoms with Crippen LogP contribution >= 0.6 is 0 Å². The Morgan fingerprint density at radius 3 is 2.48 bits per heavy atom. The maximum Gasteiger partial charge on any atom is 0.322 e. The number of hydrogen-bond acceptors (Lipinski definition) is 6. The van der Waals surface area contributed by atoms with Crippen LogP contribution in [0.2, 0.25) is 0 Å². The summed E-state index contributed by atoms with van der Waals surface area (Å²) in [6.07, 6.45) is 0. The predicted molar refractivity (Wildman–Crippen MR) is 109 cm³/mol. The molecular weight excluding hydrogens is 372 g/mol. The third-order valence-corrected chi connectivity index (χ3v) is 4.32. The van der Waals surface area contributed by atoms with Gasteiger partial charge in [-0.25, -0.2) is 4.79 Å². The number of carbonyl (C=O) groups is 1. The Morgan fingerprint density at radius 1 is 1.10 bits per heavy atom. The highest BCUT2D eigenvalue weighted by molar-refractivity contribution is 5.89. The Kier molecular flexibility index (Phi) is 6.33. The molecule has 0 aliphatic rings. The molecule has 29 heavy (non-hydrogen) atoms. The second-order valence-corrected chi connectivity index (χ2v) is 6.60. The summed E-state index contributed by atoms with van der Waals surface area (Å²) in [5.41, 5.74) is 1.45. The Balaban J connectivity index is 1.75. The van der Waals surface area contributed by atoms with E-state index in [0.717, 1.165) is 11.3 Å². The third-order valence-electron chi connectivity index (χ3n) is 4.32. The number of carbonyl (C=O) groups excluding carboxylic acids is 1. The minimum Gasteiger partial charge on any atom is -0.493 e. The number of amides is 2. The molecule has 0 bridgehead atoms. The number of para-hydroxylation sites is 1. The van der Waals surface area contributed by atoms with Gasteiger partial charge in [0.25, 0.3) is 0 Å². The topological polar surface area (TPSA) is 89.7 Å². The van der Waals surface area contributed by atoms with Crippen molar-refractivity contribution in [2.75, 3.05) is 19.5 Å². The standard InChI is InChI=1S/C21H24N4O4/c1-14(2)25(21(26)22-16-8-6-5-7-9-16)13-19-23-20(24-29-19)15-10-11-17(27-3)18(12-15)28-4/h5-12,14H,13H2,1-4H3,(H,22,26). The lowest BCUT2D eigenvalue weighted by Gasteiger charge is -2.25. The molecule has 1 aromatic heterocycles. The van der Waals surface area contributed by atoms with Crippen LogP contribution in [0.3, 0.4) is 0 Å². The van der Waals surface area contributed by atoms with E-state index in [1.807, 2.05) is 50.2 Å². The number of rotatable bonds is 7. The first kappa shape index (κ1) is 20.2. The smallest absolute Gasteiger partial charge is 0.322 e. The van der Waals surface area contributed by atoms with Gasteiger partial charge in [0.15, 0.2) is 11.5 Å². The molecule has 0 radical (unpaired) electrons. The normalized spacial score (nSPS) is 10.7. The second-order valence-electron chi connectivity index (χ2n) is 6.60. The maximum absolute atomic E-state index is 12.7. The van der Waals surface area contributed by atoms with E-state index in [1.54, 1.807) is 31.3 Å². The van der Waals surface area contributed by atoms with Gasteiger partial charge < -0.3 is 24.2 Å². The van der Waals surface area contributed by atoms with E-state index in [2.05, 4.69) is 15.5 Å². The van der Waals surface area contributed by atoms with Gasteiger partial charge >= 0.3 is 6.03 Å². The summed E-state index contributed by atoms with van der Waals surface area (Å²) in [6.45, 7) is 4.04. The van der Waals surface area contributed by atoms with Gasteiger partial charge in [0.1, 0.15) is 6.54 Å². The second kappa shape index (κ2) is 9.09. The number of aromatic nitrogens is 2. The minimum absolute atomic E-state index is 0.0601. The first-order valence-corrected chi connectivity index (χ1v) is 9.19. The molecule has 0 fully saturated rings. The Morgan fingerprint density at radius 2 is 1.83 bits per heavy atom. The molecule has 0 aliphatic heterocycles. The van der Waals surface area contributed by atoms with Gasteiger partial charge in [-0.2, -0.15) is 4.98 Å². The molecular formula is C21H24N4O4. The zero-order valence-electron chi connectivity index (χ0n) is 16.9. The van der Waals surface area contributed by atoms with Crippen LogP contribution < -0.4 is 14.8 Å². The van der Waals surface area contributed by atoms with E-state index in [4.69, 9.17) is 14.0 Å². The molecule has 0 unspecified atom stereocenters. The van der Waals surface area contributed by atoms with Crippen molar-refractivity contribution < 1.29 is 18.8 Å². The number of hydrogen-bond donors (Lipinski definition) is 1. The fourth-order valence-corrected chi connectivity index (χ4v) is 2.76. The van der Waals surface area contributed by atoms with Gasteiger partial charge in [-0.15, -0.1) is 0 Å². The van der Waals surface area contributed by atoms with Crippen molar-refractivity contribution in [2.24, 2.45) is 0 Å². The summed E-state index contributed by atoms with van der Waals surface area (Å²) in [4.78, 5) is 18.7. The summed E-state index contributed by atoms with van der Waals surface area (Å²) in [5.74, 6) is 1.94. The van der Waals surface area contributed by atoms with Crippen LogP contribution in [0.1, 0.15) is 19.7 Å². The molecule has 0 spiro atoms. The zero-order chi connectivity index (χ0) is 20.8. The van der Waals surface area contributed by atoms with E-state index in [-0.39, 0.29) is 18.6 Å². The highest BCUT2D eigenvalue weighted by Gasteiger charge is 2.21. The van der Waals surface area contributed by atoms with Crippen LogP contribution in [0, 0.1) is 0 Å². The highest BCUT2D eigenvalue weighted by Crippen LogP contribution is 2.31. The van der Waals surface area contributed by atoms with E-state index in [9.17, 15) is 4.79 Å². The van der Waals surface area contributed by atoms with Crippen LogP contribution in [-0.2, 0) is 6.54 Å². The lowest BCUT2D eigenvalue weighted by atomic mass is 10.2. The largest absolute Gasteiger partial charge is 0.493 e. The number of nitrogens with zero attached hydrogens (tertiary/aromatic N) is 3. The van der Waals surface area contributed by atoms with Crippen LogP contribution in [0.25, 0.3) is 11.4 Å². The molecule has 8 nitrogen and oxygen atoms in total. The Hall–Kier alpha value is -3.55. The van der Waals surface area contributed by atoms with Crippen molar-refractivity contribution in [3.05, 3.63) is 54.4 Å². The van der Waals surface area contributed by atoms with Crippen molar-refractivity contribution in [2.45, 2.75) is 26.4 Å². The molecule has 1 N–H and O–H groups in total. The monoisotopic (exact) mass is 396 g/mol. The third kappa shape index (κ3) is 4.84. The number of anilines is 1. The highest BCUT2D eigenvalue weighted by atomic mass is 16.5. The number of nitrogens with one attached hydrogen (secondary N) is 1. The lowest BCUT2D eigenvalue weighted by Crippen LogP contribution is -2.39. The quantitative estimate of drug-likeness (QED) is 0.644. The fourth-order valence-electron chi connectivity index (χ4n) is 2.76. The van der Waals surface area contributed by atoms with Crippen LogP contribution in [0.5, 0.6) is 11.5 Å². The number of ether oxygens (including phenoxy) is 2. The average Bonchev–Trinajstić information content (AvgIpc) is 3.20. The van der Waals surface area contributed by atoms with Crippen molar-refractivity contribution in [1.82, 2.24) is 15.0 Å². The summed E-state index contributed by atoms with van der Waals surface area (Å²) < 4.78 is 15.9. The van der Waals surface area contributed by atoms with Crippen LogP contribution in [-0.4, -0.2) is 41.3 Å². The SMILES string of the molecule is COc1ccc(-c2noc(CN(C(=O)Nc3ccccc3)C(C)C)n2)cc1OC. The molecule has 8 heteroatoms. The van der Waals surface area contributed by atoms with Crippen molar-refractivity contribution >= 4 is 11.7 Å². The first-order valence-electron chi connectivity index (χ1n) is 9.19. The molecule has 1 heterocycles. The van der Waals surface area contributed by atoms with Gasteiger partial charge in [-0.1, -0.05) is 23.4 Å². The summed E-state index contributed by atoms with van der Waals surface area (Å²) in [6, 6.07) is 14.4. The van der Waals surface area contributed by atoms with Gasteiger partial charge in [-0.05, 0) is 44.2 Å². The fraction of sp³-hybridized carbons (Fsp3) is 0.286. The van der Waals surface area contributed by atoms with Crippen molar-refractivity contribution in [1.29, 1.82) is 0 Å². The lowest BCUT2D eigenvalue weighted by molar-refractivity contribution is 0.182. The van der Waals surface area contributed by atoms with Gasteiger partial charge in [0, 0.05) is 17.3 Å². The molecule has 152 valence electrons. The van der Waals surface area contributed by atoms with Crippen molar-refractivity contribution in [3.63, 3.8) is 0 Å². The molecule has 0 saturated heterocycles. The van der Waals surface area contributed by atoms with Gasteiger partial charge in [-0.3, -0.25) is 0 Å². The van der Waals surface area contributed by atoms with Gasteiger partial charge in [0.2, 0.25) is 11.7 Å². The Bertz CT molecular complexity index is 956. The number of benzene rings is 2. The predicted octanol–water partition coefficient (Wildman–Crippen LogP) is 4.20. The molecule has 3 aromatic rings. The summed E-state index contributed by atoms with van der Waals surface area (Å²) in [5, 5.41) is 6.91. The molecule has 3 rings (SSSR count). The molecule has 0 atom stereocenters. The van der Waals surface area contributed by atoms with E-state index in [0.29, 0.717) is 23.2 Å². The molecule has 2 aromatic carbocycles. The van der Waals surface area contributed by atoms with Crippen LogP contribution in [0.15, 0.2) is 53.1 Å². The van der Waals surface area contributed by atoms with E-state index >= 15 is 0 Å². The summed E-state index contributed by atoms with van der Waals surface area (Å²) in [7, 11) is 3.14. The minimum atomic E-state index is -0.239. The molecule has 0 aliphatic carbocycles. The molecule has 0 saturated carbocycles. The first-order chi connectivity index (χ1) is 14.0. The Labute approximate surface area is 169 Å². The van der Waals surface area contributed by atoms with Crippen LogP contribution in [0.4, 0.5) is 10.5 Å². The van der Waals surface area contributed by atoms with Gasteiger partial charge in [0.05, 0.1) is 14.2 Å². The summed E-state index contributed by atoms with van der Waals surface area (Å²) >= 11 is 0. The van der Waals surface area contributed by atoms with E-state index < -0.39 is 0 Å². The average molecular weight is 396 g/mol. The molecule has 2 amide bonds. The maximum atomic E-state index is 12.7. The van der Waals surface area contributed by atoms with E-state index in [1.165, 1.54) is 0 Å².